The third-order valence-corrected chi connectivity index (χ3v) is 8.62. The number of hydrogen-bond acceptors (Lipinski definition) is 7. The van der Waals surface area contributed by atoms with Gasteiger partial charge in [-0.25, -0.2) is 17.6 Å². The molecule has 0 radical (unpaired) electrons. The first-order chi connectivity index (χ1) is 18.3. The van der Waals surface area contributed by atoms with Crippen molar-refractivity contribution < 1.29 is 35.5 Å². The van der Waals surface area contributed by atoms with E-state index in [0.29, 0.717) is 30.5 Å². The molecule has 0 N–H and O–H groups in total. The molecule has 5 rings (SSSR count). The van der Waals surface area contributed by atoms with Crippen LogP contribution in [-0.2, 0) is 21.3 Å². The SMILES string of the molecule is CC(C)(C)OC(=O)N1CCC[C@@H](N2Cc3ccc(-c4nnc(C(F)F)o4)cc3S2(=O)=O)[C@@H]1c1ccc(F)cc1. The molecule has 208 valence electrons. The molecule has 39 heavy (non-hydrogen) atoms. The van der Waals surface area contributed by atoms with E-state index in [1.54, 1.807) is 39.0 Å². The smallest absolute Gasteiger partial charge is 0.410 e. The second kappa shape index (κ2) is 9.94. The maximum absolute atomic E-state index is 13.9. The van der Waals surface area contributed by atoms with Gasteiger partial charge in [0.1, 0.15) is 11.4 Å². The molecular formula is C26H27F3N4O5S. The molecule has 9 nitrogen and oxygen atoms in total. The minimum Gasteiger partial charge on any atom is -0.444 e. The first-order valence-corrected chi connectivity index (χ1v) is 13.8. The van der Waals surface area contributed by atoms with Crippen LogP contribution in [0, 0.1) is 5.82 Å². The van der Waals surface area contributed by atoms with Gasteiger partial charge in [0.2, 0.25) is 15.9 Å². The van der Waals surface area contributed by atoms with Gasteiger partial charge in [0.15, 0.2) is 0 Å². The summed E-state index contributed by atoms with van der Waals surface area (Å²) in [7, 11) is -4.08. The fourth-order valence-electron chi connectivity index (χ4n) is 5.04. The van der Waals surface area contributed by atoms with Crippen LogP contribution in [0.3, 0.4) is 0 Å². The highest BCUT2D eigenvalue weighted by Crippen LogP contribution is 2.43. The van der Waals surface area contributed by atoms with E-state index in [9.17, 15) is 26.4 Å². The Morgan fingerprint density at radius 1 is 1.13 bits per heavy atom. The summed E-state index contributed by atoms with van der Waals surface area (Å²) in [5.74, 6) is -1.54. The average Bonchev–Trinajstić information content (AvgIpc) is 3.46. The number of alkyl halides is 2. The van der Waals surface area contributed by atoms with Crippen LogP contribution in [0.15, 0.2) is 51.8 Å². The predicted molar refractivity (Wildman–Crippen MR) is 133 cm³/mol. The van der Waals surface area contributed by atoms with Gasteiger partial charge in [-0.1, -0.05) is 18.2 Å². The van der Waals surface area contributed by atoms with Crippen molar-refractivity contribution in [3.8, 4) is 11.5 Å². The molecule has 3 aromatic rings. The van der Waals surface area contributed by atoms with Gasteiger partial charge in [-0.15, -0.1) is 10.2 Å². The number of rotatable bonds is 4. The third kappa shape index (κ3) is 5.24. The topological polar surface area (TPSA) is 106 Å². The molecule has 0 aliphatic carbocycles. The molecule has 2 aromatic carbocycles. The largest absolute Gasteiger partial charge is 0.444 e. The lowest BCUT2D eigenvalue weighted by Gasteiger charge is -2.44. The molecular weight excluding hydrogens is 537 g/mol. The predicted octanol–water partition coefficient (Wildman–Crippen LogP) is 5.46. The minimum atomic E-state index is -4.08. The number of ether oxygens (including phenoxy) is 1. The normalized spacial score (nSPS) is 21.3. The standard InChI is InChI=1S/C26H27F3N4O5S/c1-26(2,3)38-25(34)32-12-4-5-19(21(32)15-8-10-18(27)11-9-15)33-14-17-7-6-16(13-20(17)39(33,35)36)23-30-31-24(37-23)22(28)29/h6-11,13,19,21-22H,4-5,12,14H2,1-3H3/t19-,21+/m1/s1. The highest BCUT2D eigenvalue weighted by atomic mass is 32.2. The van der Waals surface area contributed by atoms with Gasteiger partial charge in [0, 0.05) is 18.7 Å². The Morgan fingerprint density at radius 3 is 2.49 bits per heavy atom. The summed E-state index contributed by atoms with van der Waals surface area (Å²) < 4.78 is 79.3. The Labute approximate surface area is 223 Å². The van der Waals surface area contributed by atoms with Gasteiger partial charge >= 0.3 is 12.5 Å². The Bertz CT molecular complexity index is 1490. The molecule has 0 saturated carbocycles. The van der Waals surface area contributed by atoms with Gasteiger partial charge in [-0.05, 0) is 69.0 Å². The molecule has 2 aliphatic heterocycles. The van der Waals surface area contributed by atoms with E-state index in [1.807, 2.05) is 0 Å². The number of hydrogen-bond donors (Lipinski definition) is 0. The molecule has 1 aromatic heterocycles. The van der Waals surface area contributed by atoms with Crippen LogP contribution in [0.2, 0.25) is 0 Å². The van der Waals surface area contributed by atoms with Gasteiger partial charge in [-0.2, -0.15) is 13.1 Å². The van der Waals surface area contributed by atoms with Crippen molar-refractivity contribution >= 4 is 16.1 Å². The molecule has 1 saturated heterocycles. The van der Waals surface area contributed by atoms with Gasteiger partial charge in [0.25, 0.3) is 5.89 Å². The number of carbonyl (C=O) groups is 1. The van der Waals surface area contributed by atoms with Crippen LogP contribution in [-0.4, -0.2) is 52.1 Å². The molecule has 0 unspecified atom stereocenters. The van der Waals surface area contributed by atoms with E-state index in [2.05, 4.69) is 10.2 Å². The molecule has 2 aliphatic rings. The zero-order valence-corrected chi connectivity index (χ0v) is 22.3. The van der Waals surface area contributed by atoms with E-state index < -0.39 is 51.9 Å². The second-order valence-electron chi connectivity index (χ2n) is 10.5. The number of carbonyl (C=O) groups excluding carboxylic acids is 1. The lowest BCUT2D eigenvalue weighted by atomic mass is 9.90. The van der Waals surface area contributed by atoms with Crippen molar-refractivity contribution in [1.29, 1.82) is 0 Å². The first kappa shape index (κ1) is 27.1. The quantitative estimate of drug-likeness (QED) is 0.414. The monoisotopic (exact) mass is 564 g/mol. The highest BCUT2D eigenvalue weighted by Gasteiger charge is 2.47. The summed E-state index contributed by atoms with van der Waals surface area (Å²) in [6.07, 6.45) is -2.58. The fourth-order valence-corrected chi connectivity index (χ4v) is 6.92. The fraction of sp³-hybridized carbons (Fsp3) is 0.423. The maximum Gasteiger partial charge on any atom is 0.410 e. The van der Waals surface area contributed by atoms with Crippen LogP contribution < -0.4 is 0 Å². The first-order valence-electron chi connectivity index (χ1n) is 12.4. The van der Waals surface area contributed by atoms with Crippen LogP contribution in [0.5, 0.6) is 0 Å². The summed E-state index contributed by atoms with van der Waals surface area (Å²) in [4.78, 5) is 14.7. The summed E-state index contributed by atoms with van der Waals surface area (Å²) in [5.41, 5.74) is 0.485. The van der Waals surface area contributed by atoms with Gasteiger partial charge < -0.3 is 9.15 Å². The number of sulfonamides is 1. The van der Waals surface area contributed by atoms with Crippen molar-refractivity contribution in [2.45, 2.75) is 69.2 Å². The van der Waals surface area contributed by atoms with E-state index in [4.69, 9.17) is 9.15 Å². The molecule has 1 fully saturated rings. The van der Waals surface area contributed by atoms with Crippen molar-refractivity contribution in [3.63, 3.8) is 0 Å². The second-order valence-corrected chi connectivity index (χ2v) is 12.4. The molecule has 13 heteroatoms. The maximum atomic E-state index is 13.9. The molecule has 2 atom stereocenters. The highest BCUT2D eigenvalue weighted by molar-refractivity contribution is 7.89. The van der Waals surface area contributed by atoms with E-state index in [-0.39, 0.29) is 22.9 Å². The van der Waals surface area contributed by atoms with Gasteiger partial charge in [0.05, 0.1) is 17.0 Å². The third-order valence-electron chi connectivity index (χ3n) is 6.66. The number of benzene rings is 2. The Hall–Kier alpha value is -3.45. The lowest BCUT2D eigenvalue weighted by Crippen LogP contribution is -2.53. The van der Waals surface area contributed by atoms with Crippen LogP contribution in [0.25, 0.3) is 11.5 Å². The van der Waals surface area contributed by atoms with Crippen LogP contribution in [0.4, 0.5) is 18.0 Å². The van der Waals surface area contributed by atoms with Crippen molar-refractivity contribution in [2.24, 2.45) is 0 Å². The number of halogens is 3. The lowest BCUT2D eigenvalue weighted by molar-refractivity contribution is -0.00267. The summed E-state index contributed by atoms with van der Waals surface area (Å²) in [6.45, 7) is 5.60. The minimum absolute atomic E-state index is 0.0101. The van der Waals surface area contributed by atoms with Gasteiger partial charge in [-0.3, -0.25) is 4.90 Å². The van der Waals surface area contributed by atoms with E-state index >= 15 is 0 Å². The van der Waals surface area contributed by atoms with E-state index in [0.717, 1.165) is 0 Å². The summed E-state index contributed by atoms with van der Waals surface area (Å²) in [5, 5.41) is 6.92. The van der Waals surface area contributed by atoms with Crippen molar-refractivity contribution in [3.05, 3.63) is 65.3 Å². The molecule has 3 heterocycles. The Kier molecular flexibility index (Phi) is 6.91. The number of aromatic nitrogens is 2. The van der Waals surface area contributed by atoms with Crippen molar-refractivity contribution in [2.75, 3.05) is 6.54 Å². The van der Waals surface area contributed by atoms with Crippen LogP contribution >= 0.6 is 0 Å². The Morgan fingerprint density at radius 2 is 1.85 bits per heavy atom. The summed E-state index contributed by atoms with van der Waals surface area (Å²) in [6, 6.07) is 8.65. The molecule has 0 spiro atoms. The number of fused-ring (bicyclic) bond motifs is 1. The average molecular weight is 565 g/mol. The molecule has 1 amide bonds. The number of nitrogens with zero attached hydrogens (tertiary/aromatic N) is 4. The number of amides is 1. The van der Waals surface area contributed by atoms with E-state index in [1.165, 1.54) is 33.5 Å². The number of likely N-dealkylation sites (tertiary alicyclic amines) is 1. The zero-order chi connectivity index (χ0) is 28.1. The Balaban J connectivity index is 1.52. The summed E-state index contributed by atoms with van der Waals surface area (Å²) >= 11 is 0. The van der Waals surface area contributed by atoms with Crippen LogP contribution in [0.1, 0.15) is 63.1 Å². The number of piperidine rings is 1. The molecule has 0 bridgehead atoms. The zero-order valence-electron chi connectivity index (χ0n) is 21.5. The van der Waals surface area contributed by atoms with Crippen molar-refractivity contribution in [1.82, 2.24) is 19.4 Å².